The van der Waals surface area contributed by atoms with Crippen molar-refractivity contribution in [2.45, 2.75) is 19.1 Å². The maximum atomic E-state index is 12.6. The molecule has 7 nitrogen and oxygen atoms in total. The molecule has 0 aromatic heterocycles. The van der Waals surface area contributed by atoms with E-state index in [9.17, 15) is 14.4 Å². The Kier molecular flexibility index (Phi) is 5.20. The van der Waals surface area contributed by atoms with Crippen molar-refractivity contribution in [2.24, 2.45) is 5.92 Å². The summed E-state index contributed by atoms with van der Waals surface area (Å²) in [5.41, 5.74) is 1.04. The zero-order valence-electron chi connectivity index (χ0n) is 14.8. The Morgan fingerprint density at radius 3 is 2.50 bits per heavy atom. The molecule has 0 radical (unpaired) electrons. The number of hydrogen-bond donors (Lipinski definition) is 0. The van der Waals surface area contributed by atoms with Gasteiger partial charge in [0.25, 0.3) is 11.8 Å². The van der Waals surface area contributed by atoms with Gasteiger partial charge in [-0.2, -0.15) is 0 Å². The number of imide groups is 1. The number of methoxy groups -OCH3 is 1. The third-order valence-electron chi connectivity index (χ3n) is 4.71. The average molecular weight is 359 g/mol. The van der Waals surface area contributed by atoms with Crippen LogP contribution in [0, 0.1) is 5.92 Å². The standard InChI is InChI=1S/C19H21NO6/c1-19(25-10-11-26-19)15(18(23)24-2)8-9-20-16(21)12-14(17(20)22)13-6-4-3-5-7-13/h3-7,12,15H,8-11H2,1-2H3. The molecule has 7 heteroatoms. The van der Waals surface area contributed by atoms with Crippen LogP contribution in [0.2, 0.25) is 0 Å². The van der Waals surface area contributed by atoms with Gasteiger partial charge in [0, 0.05) is 12.6 Å². The van der Waals surface area contributed by atoms with Gasteiger partial charge in [-0.3, -0.25) is 19.3 Å². The summed E-state index contributed by atoms with van der Waals surface area (Å²) in [7, 11) is 1.29. The average Bonchev–Trinajstić information content (AvgIpc) is 3.21. The fourth-order valence-corrected chi connectivity index (χ4v) is 3.27. The van der Waals surface area contributed by atoms with Crippen LogP contribution in [-0.2, 0) is 28.6 Å². The molecule has 1 fully saturated rings. The van der Waals surface area contributed by atoms with E-state index in [1.54, 1.807) is 31.2 Å². The van der Waals surface area contributed by atoms with E-state index in [-0.39, 0.29) is 18.9 Å². The Labute approximate surface area is 151 Å². The molecule has 1 aromatic rings. The van der Waals surface area contributed by atoms with E-state index in [0.29, 0.717) is 24.4 Å². The van der Waals surface area contributed by atoms with Crippen molar-refractivity contribution in [2.75, 3.05) is 26.9 Å². The Balaban J connectivity index is 1.71. The van der Waals surface area contributed by atoms with E-state index >= 15 is 0 Å². The Hall–Kier alpha value is -2.51. The zero-order chi connectivity index (χ0) is 18.7. The van der Waals surface area contributed by atoms with Crippen molar-refractivity contribution in [3.8, 4) is 0 Å². The SMILES string of the molecule is COC(=O)C(CCN1C(=O)C=C(c2ccccc2)C1=O)C1(C)OCCO1. The van der Waals surface area contributed by atoms with Crippen molar-refractivity contribution in [3.05, 3.63) is 42.0 Å². The summed E-state index contributed by atoms with van der Waals surface area (Å²) in [5, 5.41) is 0. The first kappa shape index (κ1) is 18.3. The highest BCUT2D eigenvalue weighted by molar-refractivity contribution is 6.33. The van der Waals surface area contributed by atoms with Gasteiger partial charge in [-0.25, -0.2) is 0 Å². The second-order valence-corrected chi connectivity index (χ2v) is 6.30. The van der Waals surface area contributed by atoms with Gasteiger partial charge < -0.3 is 14.2 Å². The Bertz CT molecular complexity index is 736. The first-order valence-corrected chi connectivity index (χ1v) is 8.45. The van der Waals surface area contributed by atoms with Crippen LogP contribution in [-0.4, -0.2) is 55.3 Å². The molecule has 1 atom stereocenters. The van der Waals surface area contributed by atoms with Crippen LogP contribution >= 0.6 is 0 Å². The molecular formula is C19H21NO6. The lowest BCUT2D eigenvalue weighted by atomic mass is 9.95. The Morgan fingerprint density at radius 2 is 1.88 bits per heavy atom. The molecule has 1 saturated heterocycles. The van der Waals surface area contributed by atoms with Gasteiger partial charge in [0.1, 0.15) is 5.92 Å². The van der Waals surface area contributed by atoms with Crippen molar-refractivity contribution in [1.82, 2.24) is 4.90 Å². The molecule has 0 saturated carbocycles. The molecule has 2 aliphatic heterocycles. The van der Waals surface area contributed by atoms with E-state index in [4.69, 9.17) is 14.2 Å². The number of esters is 1. The smallest absolute Gasteiger partial charge is 0.314 e. The number of rotatable bonds is 6. The molecule has 2 aliphatic rings. The minimum atomic E-state index is -1.12. The fraction of sp³-hybridized carbons (Fsp3) is 0.421. The minimum Gasteiger partial charge on any atom is -0.469 e. The van der Waals surface area contributed by atoms with E-state index in [1.165, 1.54) is 13.2 Å². The predicted octanol–water partition coefficient (Wildman–Crippen LogP) is 1.38. The summed E-state index contributed by atoms with van der Waals surface area (Å²) < 4.78 is 16.0. The fourth-order valence-electron chi connectivity index (χ4n) is 3.27. The predicted molar refractivity (Wildman–Crippen MR) is 91.6 cm³/mol. The van der Waals surface area contributed by atoms with Crippen LogP contribution in [0.5, 0.6) is 0 Å². The van der Waals surface area contributed by atoms with E-state index in [1.807, 2.05) is 6.07 Å². The third-order valence-corrected chi connectivity index (χ3v) is 4.71. The van der Waals surface area contributed by atoms with Crippen LogP contribution in [0.25, 0.3) is 5.57 Å². The molecule has 1 unspecified atom stereocenters. The van der Waals surface area contributed by atoms with Gasteiger partial charge in [0.15, 0.2) is 5.79 Å². The minimum absolute atomic E-state index is 0.0760. The molecular weight excluding hydrogens is 338 g/mol. The van der Waals surface area contributed by atoms with Gasteiger partial charge in [0.05, 0.1) is 25.9 Å². The van der Waals surface area contributed by atoms with Crippen molar-refractivity contribution in [1.29, 1.82) is 0 Å². The third kappa shape index (κ3) is 3.40. The lowest BCUT2D eigenvalue weighted by Gasteiger charge is -2.31. The number of carbonyl (C=O) groups is 3. The highest BCUT2D eigenvalue weighted by atomic mass is 16.7. The lowest BCUT2D eigenvalue weighted by Crippen LogP contribution is -2.44. The first-order chi connectivity index (χ1) is 12.5. The highest BCUT2D eigenvalue weighted by Gasteiger charge is 2.45. The number of ether oxygens (including phenoxy) is 3. The van der Waals surface area contributed by atoms with Gasteiger partial charge in [-0.1, -0.05) is 30.3 Å². The summed E-state index contributed by atoms with van der Waals surface area (Å²) in [6, 6.07) is 9.00. The number of benzene rings is 1. The van der Waals surface area contributed by atoms with Crippen LogP contribution in [0.15, 0.2) is 36.4 Å². The molecule has 3 rings (SSSR count). The molecule has 0 N–H and O–H groups in total. The highest BCUT2D eigenvalue weighted by Crippen LogP contribution is 2.32. The molecule has 0 bridgehead atoms. The van der Waals surface area contributed by atoms with E-state index in [0.717, 1.165) is 4.90 Å². The number of hydrogen-bond acceptors (Lipinski definition) is 6. The normalized spacial score (nSPS) is 20.2. The molecule has 138 valence electrons. The van der Waals surface area contributed by atoms with Crippen molar-refractivity contribution in [3.63, 3.8) is 0 Å². The first-order valence-electron chi connectivity index (χ1n) is 8.45. The molecule has 0 aliphatic carbocycles. The van der Waals surface area contributed by atoms with Crippen LogP contribution < -0.4 is 0 Å². The number of carbonyl (C=O) groups excluding carboxylic acids is 3. The topological polar surface area (TPSA) is 82.1 Å². The van der Waals surface area contributed by atoms with Gasteiger partial charge in [0.2, 0.25) is 0 Å². The quantitative estimate of drug-likeness (QED) is 0.564. The molecule has 2 amide bonds. The summed E-state index contributed by atoms with van der Waals surface area (Å²) in [6.07, 6.45) is 1.52. The number of amides is 2. The molecule has 2 heterocycles. The molecule has 1 aromatic carbocycles. The van der Waals surface area contributed by atoms with Crippen LogP contribution in [0.3, 0.4) is 0 Å². The van der Waals surface area contributed by atoms with E-state index < -0.39 is 23.6 Å². The summed E-state index contributed by atoms with van der Waals surface area (Å²) >= 11 is 0. The lowest BCUT2D eigenvalue weighted by molar-refractivity contribution is -0.200. The van der Waals surface area contributed by atoms with Gasteiger partial charge >= 0.3 is 5.97 Å². The maximum Gasteiger partial charge on any atom is 0.314 e. The molecule has 0 spiro atoms. The summed E-state index contributed by atoms with van der Waals surface area (Å²) in [5.74, 6) is -3.12. The Morgan fingerprint density at radius 1 is 1.23 bits per heavy atom. The van der Waals surface area contributed by atoms with E-state index in [2.05, 4.69) is 0 Å². The van der Waals surface area contributed by atoms with Crippen molar-refractivity contribution < 1.29 is 28.6 Å². The monoisotopic (exact) mass is 359 g/mol. The molecule has 26 heavy (non-hydrogen) atoms. The maximum absolute atomic E-state index is 12.6. The summed E-state index contributed by atoms with van der Waals surface area (Å²) in [4.78, 5) is 38.2. The second kappa shape index (κ2) is 7.39. The van der Waals surface area contributed by atoms with Gasteiger partial charge in [-0.15, -0.1) is 0 Å². The van der Waals surface area contributed by atoms with Crippen molar-refractivity contribution >= 4 is 23.4 Å². The zero-order valence-corrected chi connectivity index (χ0v) is 14.8. The summed E-state index contributed by atoms with van der Waals surface area (Å²) in [6.45, 7) is 2.51. The van der Waals surface area contributed by atoms with Crippen LogP contribution in [0.1, 0.15) is 18.9 Å². The second-order valence-electron chi connectivity index (χ2n) is 6.30. The number of nitrogens with zero attached hydrogens (tertiary/aromatic N) is 1. The van der Waals surface area contributed by atoms with Gasteiger partial charge in [-0.05, 0) is 18.9 Å². The largest absolute Gasteiger partial charge is 0.469 e. The van der Waals surface area contributed by atoms with Crippen LogP contribution in [0.4, 0.5) is 0 Å².